The number of nitrogens with one attached hydrogen (secondary N) is 2. The zero-order valence-corrected chi connectivity index (χ0v) is 11.9. The van der Waals surface area contributed by atoms with Crippen LogP contribution in [0.4, 0.5) is 5.82 Å². The van der Waals surface area contributed by atoms with E-state index in [2.05, 4.69) is 31.4 Å². The Hall–Kier alpha value is -1.95. The zero-order chi connectivity index (χ0) is 14.4. The van der Waals surface area contributed by atoms with Crippen molar-refractivity contribution >= 4 is 11.8 Å². The van der Waals surface area contributed by atoms with E-state index in [-0.39, 0.29) is 5.82 Å². The van der Waals surface area contributed by atoms with Gasteiger partial charge in [0.1, 0.15) is 5.82 Å². The maximum atomic E-state index is 11.4. The summed E-state index contributed by atoms with van der Waals surface area (Å²) in [6.07, 6.45) is 4.31. The third kappa shape index (κ3) is 4.03. The van der Waals surface area contributed by atoms with E-state index in [1.54, 1.807) is 0 Å². The van der Waals surface area contributed by atoms with Crippen molar-refractivity contribution in [1.29, 1.82) is 0 Å². The molecule has 1 aromatic heterocycles. The fraction of sp³-hybridized carbons (Fsp3) is 0.500. The second-order valence-corrected chi connectivity index (χ2v) is 4.70. The molecule has 0 fully saturated rings. The molecule has 0 unspecified atom stereocenters. The Labute approximate surface area is 118 Å². The molecule has 1 aliphatic rings. The molecule has 1 aromatic rings. The van der Waals surface area contributed by atoms with Crippen LogP contribution in [-0.2, 0) is 4.74 Å². The Morgan fingerprint density at radius 1 is 1.50 bits per heavy atom. The highest BCUT2D eigenvalue weighted by Crippen LogP contribution is 2.11. The van der Waals surface area contributed by atoms with E-state index in [9.17, 15) is 4.79 Å². The van der Waals surface area contributed by atoms with E-state index in [0.29, 0.717) is 5.82 Å². The lowest BCUT2D eigenvalue weighted by atomic mass is 10.1. The molecule has 6 nitrogen and oxygen atoms in total. The molecule has 0 aliphatic carbocycles. The first kappa shape index (κ1) is 14.5. The maximum absolute atomic E-state index is 11.4. The molecule has 2 rings (SSSR count). The fourth-order valence-corrected chi connectivity index (χ4v) is 2.09. The highest BCUT2D eigenvalue weighted by Gasteiger charge is 2.11. The van der Waals surface area contributed by atoms with Crippen LogP contribution in [0.5, 0.6) is 0 Å². The van der Waals surface area contributed by atoms with Crippen LogP contribution in [0.3, 0.4) is 0 Å². The number of nitrogens with zero attached hydrogens (tertiary/aromatic N) is 2. The second kappa shape index (κ2) is 7.00. The zero-order valence-electron chi connectivity index (χ0n) is 11.9. The van der Waals surface area contributed by atoms with Crippen LogP contribution in [0, 0.1) is 6.92 Å². The van der Waals surface area contributed by atoms with Crippen LogP contribution in [0.1, 0.15) is 29.2 Å². The minimum Gasteiger partial charge on any atom is -0.463 e. The molecule has 0 bridgehead atoms. The van der Waals surface area contributed by atoms with Gasteiger partial charge in [-0.15, -0.1) is 0 Å². The number of aromatic nitrogens is 2. The summed E-state index contributed by atoms with van der Waals surface area (Å²) in [5.74, 6) is 0.237. The summed E-state index contributed by atoms with van der Waals surface area (Å²) in [5.41, 5.74) is 2.19. The van der Waals surface area contributed by atoms with Gasteiger partial charge in [-0.3, -0.25) is 0 Å². The van der Waals surface area contributed by atoms with Gasteiger partial charge in [0.05, 0.1) is 7.11 Å². The van der Waals surface area contributed by atoms with Crippen molar-refractivity contribution in [2.45, 2.75) is 19.8 Å². The van der Waals surface area contributed by atoms with Crippen LogP contribution >= 0.6 is 0 Å². The van der Waals surface area contributed by atoms with Gasteiger partial charge >= 0.3 is 5.97 Å². The summed E-state index contributed by atoms with van der Waals surface area (Å²) in [7, 11) is 1.32. The first-order valence-electron chi connectivity index (χ1n) is 6.75. The van der Waals surface area contributed by atoms with Crippen molar-refractivity contribution in [3.8, 4) is 0 Å². The molecular weight excluding hydrogens is 256 g/mol. The molecule has 108 valence electrons. The quantitative estimate of drug-likeness (QED) is 0.623. The van der Waals surface area contributed by atoms with E-state index in [0.717, 1.165) is 38.2 Å². The van der Waals surface area contributed by atoms with Crippen LogP contribution in [0.2, 0.25) is 0 Å². The summed E-state index contributed by atoms with van der Waals surface area (Å²) in [6.45, 7) is 4.62. The Morgan fingerprint density at radius 3 is 3.05 bits per heavy atom. The number of rotatable bonds is 5. The van der Waals surface area contributed by atoms with E-state index >= 15 is 0 Å². The topological polar surface area (TPSA) is 76.1 Å². The van der Waals surface area contributed by atoms with Crippen molar-refractivity contribution in [2.75, 3.05) is 32.1 Å². The predicted octanol–water partition coefficient (Wildman–Crippen LogP) is 1.29. The molecule has 6 heteroatoms. The van der Waals surface area contributed by atoms with Gasteiger partial charge in [-0.05, 0) is 26.3 Å². The van der Waals surface area contributed by atoms with E-state index in [4.69, 9.17) is 0 Å². The van der Waals surface area contributed by atoms with Crippen molar-refractivity contribution < 1.29 is 9.53 Å². The lowest BCUT2D eigenvalue weighted by molar-refractivity contribution is 0.0586. The van der Waals surface area contributed by atoms with Gasteiger partial charge in [0.15, 0.2) is 0 Å². The van der Waals surface area contributed by atoms with E-state index in [1.165, 1.54) is 12.7 Å². The van der Waals surface area contributed by atoms with Gasteiger partial charge in [0.2, 0.25) is 5.82 Å². The molecule has 0 atom stereocenters. The molecule has 0 saturated carbocycles. The molecule has 20 heavy (non-hydrogen) atoms. The Kier molecular flexibility index (Phi) is 5.06. The summed E-state index contributed by atoms with van der Waals surface area (Å²) in [5, 5.41) is 6.52. The normalized spacial score (nSPS) is 14.6. The predicted molar refractivity (Wildman–Crippen MR) is 76.8 cm³/mol. The molecule has 0 saturated heterocycles. The number of ether oxygens (including phenoxy) is 1. The molecular formula is C14H20N4O2. The van der Waals surface area contributed by atoms with Gasteiger partial charge in [0, 0.05) is 24.8 Å². The monoisotopic (exact) mass is 276 g/mol. The standard InChI is InChI=1S/C14H20N4O2/c1-10-9-12(18-13(17-10)14(19)20-2)16-8-5-11-3-6-15-7-4-11/h3,9,15H,4-8H2,1-2H3,(H,16,17,18). The van der Waals surface area contributed by atoms with Crippen LogP contribution in [0.25, 0.3) is 0 Å². The van der Waals surface area contributed by atoms with E-state index < -0.39 is 5.97 Å². The van der Waals surface area contributed by atoms with Crippen molar-refractivity contribution in [3.63, 3.8) is 0 Å². The average molecular weight is 276 g/mol. The average Bonchev–Trinajstić information content (AvgIpc) is 2.47. The highest BCUT2D eigenvalue weighted by atomic mass is 16.5. The Morgan fingerprint density at radius 2 is 2.35 bits per heavy atom. The number of aryl methyl sites for hydroxylation is 1. The highest BCUT2D eigenvalue weighted by molar-refractivity contribution is 5.85. The van der Waals surface area contributed by atoms with E-state index in [1.807, 2.05) is 13.0 Å². The number of carbonyl (C=O) groups is 1. The van der Waals surface area contributed by atoms with Crippen LogP contribution < -0.4 is 10.6 Å². The van der Waals surface area contributed by atoms with Crippen LogP contribution in [0.15, 0.2) is 17.7 Å². The van der Waals surface area contributed by atoms with Crippen molar-refractivity contribution in [3.05, 3.63) is 29.2 Å². The lowest BCUT2D eigenvalue weighted by Crippen LogP contribution is -2.21. The number of methoxy groups -OCH3 is 1. The first-order valence-corrected chi connectivity index (χ1v) is 6.75. The molecule has 0 amide bonds. The van der Waals surface area contributed by atoms with Gasteiger partial charge in [-0.2, -0.15) is 0 Å². The fourth-order valence-electron chi connectivity index (χ4n) is 2.09. The smallest absolute Gasteiger partial charge is 0.376 e. The van der Waals surface area contributed by atoms with Crippen molar-refractivity contribution in [1.82, 2.24) is 15.3 Å². The van der Waals surface area contributed by atoms with Gasteiger partial charge in [-0.1, -0.05) is 11.6 Å². The number of hydrogen-bond acceptors (Lipinski definition) is 6. The molecule has 0 radical (unpaired) electrons. The molecule has 2 heterocycles. The molecule has 0 spiro atoms. The molecule has 1 aliphatic heterocycles. The van der Waals surface area contributed by atoms with Crippen LogP contribution in [-0.4, -0.2) is 42.7 Å². The van der Waals surface area contributed by atoms with Gasteiger partial charge in [-0.25, -0.2) is 14.8 Å². The Bertz CT molecular complexity index is 514. The third-order valence-corrected chi connectivity index (χ3v) is 3.13. The minimum atomic E-state index is -0.516. The number of esters is 1. The third-order valence-electron chi connectivity index (χ3n) is 3.13. The molecule has 0 aromatic carbocycles. The number of anilines is 1. The first-order chi connectivity index (χ1) is 9.69. The van der Waals surface area contributed by atoms with Gasteiger partial charge < -0.3 is 15.4 Å². The number of carbonyl (C=O) groups excluding carboxylic acids is 1. The molecule has 2 N–H and O–H groups in total. The maximum Gasteiger partial charge on any atom is 0.376 e. The minimum absolute atomic E-state index is 0.0936. The SMILES string of the molecule is COC(=O)c1nc(C)cc(NCCC2=CCNCC2)n1. The lowest BCUT2D eigenvalue weighted by Gasteiger charge is -2.14. The summed E-state index contributed by atoms with van der Waals surface area (Å²) < 4.78 is 4.64. The number of hydrogen-bond donors (Lipinski definition) is 2. The largest absolute Gasteiger partial charge is 0.463 e. The summed E-state index contributed by atoms with van der Waals surface area (Å²) in [6, 6.07) is 1.82. The van der Waals surface area contributed by atoms with Gasteiger partial charge in [0.25, 0.3) is 0 Å². The van der Waals surface area contributed by atoms with Crippen molar-refractivity contribution in [2.24, 2.45) is 0 Å². The summed E-state index contributed by atoms with van der Waals surface area (Å²) in [4.78, 5) is 19.7. The summed E-state index contributed by atoms with van der Waals surface area (Å²) >= 11 is 0. The second-order valence-electron chi connectivity index (χ2n) is 4.70. The Balaban J connectivity index is 1.93.